The number of fused-ring (bicyclic) bond motifs is 3. The zero-order chi connectivity index (χ0) is 20.2. The number of hydrogen-bond donors (Lipinski definition) is 2. The number of ether oxygens (including phenoxy) is 4. The minimum atomic E-state index is -0.624. The molecule has 0 aromatic carbocycles. The van der Waals surface area contributed by atoms with Gasteiger partial charge in [-0.05, 0) is 18.2 Å². The molecule has 0 unspecified atom stereocenters. The summed E-state index contributed by atoms with van der Waals surface area (Å²) in [7, 11) is 0. The molecule has 156 valence electrons. The zero-order valence-corrected chi connectivity index (χ0v) is 16.6. The molecule has 9 nitrogen and oxygen atoms in total. The largest absolute Gasteiger partial charge is 0.491 e. The lowest BCUT2D eigenvalue weighted by Gasteiger charge is -2.15. The van der Waals surface area contributed by atoms with Crippen LogP contribution in [0.5, 0.6) is 11.8 Å². The molecular formula is C20H19ClN4O5. The quantitative estimate of drug-likeness (QED) is 0.642. The molecule has 3 aliphatic rings. The van der Waals surface area contributed by atoms with Crippen molar-refractivity contribution in [1.29, 1.82) is 0 Å². The van der Waals surface area contributed by atoms with Crippen LogP contribution in [0.3, 0.4) is 0 Å². The number of nitrogens with zero attached hydrogens (tertiary/aromatic N) is 3. The second-order valence-corrected chi connectivity index (χ2v) is 8.16. The topological polar surface area (TPSA) is 112 Å². The van der Waals surface area contributed by atoms with Crippen LogP contribution in [-0.4, -0.2) is 69.3 Å². The van der Waals surface area contributed by atoms with Crippen molar-refractivity contribution in [1.82, 2.24) is 19.9 Å². The highest BCUT2D eigenvalue weighted by molar-refractivity contribution is 6.31. The number of pyridine rings is 2. The van der Waals surface area contributed by atoms with Crippen LogP contribution >= 0.6 is 11.6 Å². The van der Waals surface area contributed by atoms with E-state index in [1.54, 1.807) is 12.3 Å². The van der Waals surface area contributed by atoms with Crippen molar-refractivity contribution >= 4 is 22.8 Å². The van der Waals surface area contributed by atoms with Crippen LogP contribution in [-0.2, 0) is 15.9 Å². The summed E-state index contributed by atoms with van der Waals surface area (Å²) in [6.07, 6.45) is 0.732. The predicted molar refractivity (Wildman–Crippen MR) is 105 cm³/mol. The van der Waals surface area contributed by atoms with Crippen LogP contribution in [0.4, 0.5) is 0 Å². The molecule has 6 heterocycles. The maximum Gasteiger partial charge on any atom is 0.296 e. The molecule has 6 rings (SSSR count). The summed E-state index contributed by atoms with van der Waals surface area (Å²) < 4.78 is 22.8. The first-order valence-electron chi connectivity index (χ1n) is 9.86. The van der Waals surface area contributed by atoms with Gasteiger partial charge in [0, 0.05) is 18.5 Å². The predicted octanol–water partition coefficient (Wildman–Crippen LogP) is 1.63. The van der Waals surface area contributed by atoms with E-state index in [1.807, 2.05) is 12.1 Å². The molecule has 3 aromatic heterocycles. The van der Waals surface area contributed by atoms with Crippen LogP contribution in [0.1, 0.15) is 17.3 Å². The Morgan fingerprint density at radius 1 is 1.20 bits per heavy atom. The lowest BCUT2D eigenvalue weighted by atomic mass is 10.0. The van der Waals surface area contributed by atoms with Crippen LogP contribution in [0.2, 0.25) is 5.02 Å². The molecule has 0 bridgehead atoms. The second-order valence-electron chi connectivity index (χ2n) is 7.75. The van der Waals surface area contributed by atoms with E-state index in [0.717, 1.165) is 17.1 Å². The Hall–Kier alpha value is -2.46. The molecule has 0 spiro atoms. The van der Waals surface area contributed by atoms with E-state index in [4.69, 9.17) is 30.5 Å². The average Bonchev–Trinajstić information content (AvgIpc) is 3.49. The van der Waals surface area contributed by atoms with Gasteiger partial charge in [-0.25, -0.2) is 4.98 Å². The molecule has 2 N–H and O–H groups in total. The number of aliphatic hydroxyl groups is 1. The van der Waals surface area contributed by atoms with Gasteiger partial charge in [0.2, 0.25) is 0 Å². The first-order chi connectivity index (χ1) is 14.7. The molecule has 30 heavy (non-hydrogen) atoms. The average molecular weight is 431 g/mol. The Labute approximate surface area is 176 Å². The number of aliphatic hydroxyl groups excluding tert-OH is 1. The van der Waals surface area contributed by atoms with E-state index in [0.29, 0.717) is 41.8 Å². The van der Waals surface area contributed by atoms with E-state index >= 15 is 0 Å². The van der Waals surface area contributed by atoms with Crippen molar-refractivity contribution in [2.45, 2.75) is 36.8 Å². The van der Waals surface area contributed by atoms with Gasteiger partial charge < -0.3 is 29.0 Å². The highest BCUT2D eigenvalue weighted by Gasteiger charge is 2.48. The van der Waals surface area contributed by atoms with E-state index in [9.17, 15) is 5.11 Å². The monoisotopic (exact) mass is 430 g/mol. The van der Waals surface area contributed by atoms with Gasteiger partial charge in [0.05, 0.1) is 41.7 Å². The minimum absolute atomic E-state index is 0.0943. The van der Waals surface area contributed by atoms with Crippen molar-refractivity contribution in [3.8, 4) is 11.8 Å². The number of halogens is 1. The summed E-state index contributed by atoms with van der Waals surface area (Å²) in [4.78, 5) is 16.6. The SMILES string of the molecule is O[C@@H]1CO[C@H]2[C@@H]1OC[C@H]2Oc1nc2nc(C[C@@H]3COc4cccnc43)c(Cl)cc2[nH]1. The first-order valence-corrected chi connectivity index (χ1v) is 10.2. The van der Waals surface area contributed by atoms with Crippen molar-refractivity contribution in [2.75, 3.05) is 19.8 Å². The molecule has 0 saturated carbocycles. The summed E-state index contributed by atoms with van der Waals surface area (Å²) in [5.74, 6) is 0.906. The molecule has 3 aromatic rings. The Balaban J connectivity index is 1.23. The summed E-state index contributed by atoms with van der Waals surface area (Å²) in [5, 5.41) is 10.4. The van der Waals surface area contributed by atoms with E-state index in [-0.39, 0.29) is 30.8 Å². The highest BCUT2D eigenvalue weighted by atomic mass is 35.5. The standard InChI is InChI=1S/C20H19ClN4O5/c21-10-5-12-19(23-11(10)4-9-6-27-14-2-1-3-22-16(9)14)25-20(24-12)30-15-8-29-17-13(26)7-28-18(15)17/h1-3,5,9,13,15,17-18,26H,4,6-8H2,(H,23,24,25)/t9-,13-,15-,17-,18-/m1/s1. The third kappa shape index (κ3) is 3.01. The summed E-state index contributed by atoms with van der Waals surface area (Å²) in [6.45, 7) is 1.13. The van der Waals surface area contributed by atoms with Gasteiger partial charge in [-0.2, -0.15) is 4.98 Å². The van der Waals surface area contributed by atoms with Gasteiger partial charge in [-0.1, -0.05) is 11.6 Å². The summed E-state index contributed by atoms with van der Waals surface area (Å²) in [6, 6.07) is 5.90. The number of aromatic nitrogens is 4. The third-order valence-corrected chi connectivity index (χ3v) is 6.12. The number of nitrogens with one attached hydrogen (secondary N) is 1. The Morgan fingerprint density at radius 2 is 2.10 bits per heavy atom. The minimum Gasteiger partial charge on any atom is -0.491 e. The normalized spacial score (nSPS) is 29.7. The molecule has 2 saturated heterocycles. The van der Waals surface area contributed by atoms with Gasteiger partial charge in [0.25, 0.3) is 6.01 Å². The van der Waals surface area contributed by atoms with Crippen LogP contribution in [0.25, 0.3) is 11.2 Å². The Kier molecular flexibility index (Phi) is 4.31. The number of hydrogen-bond acceptors (Lipinski definition) is 8. The van der Waals surface area contributed by atoms with Gasteiger partial charge in [0.1, 0.15) is 24.1 Å². The highest BCUT2D eigenvalue weighted by Crippen LogP contribution is 2.35. The molecular weight excluding hydrogens is 412 g/mol. The molecule has 3 aliphatic heterocycles. The molecule has 0 aliphatic carbocycles. The number of rotatable bonds is 4. The summed E-state index contributed by atoms with van der Waals surface area (Å²) >= 11 is 6.50. The van der Waals surface area contributed by atoms with Gasteiger partial charge in [-0.15, -0.1) is 0 Å². The van der Waals surface area contributed by atoms with Crippen molar-refractivity contribution in [3.05, 3.63) is 40.8 Å². The molecule has 0 amide bonds. The van der Waals surface area contributed by atoms with Crippen molar-refractivity contribution in [3.63, 3.8) is 0 Å². The molecule has 5 atom stereocenters. The van der Waals surface area contributed by atoms with Gasteiger partial charge in [-0.3, -0.25) is 4.98 Å². The zero-order valence-electron chi connectivity index (χ0n) is 15.8. The van der Waals surface area contributed by atoms with E-state index in [2.05, 4.69) is 19.9 Å². The van der Waals surface area contributed by atoms with Gasteiger partial charge in [0.15, 0.2) is 11.8 Å². The summed E-state index contributed by atoms with van der Waals surface area (Å²) in [5.41, 5.74) is 2.87. The lowest BCUT2D eigenvalue weighted by Crippen LogP contribution is -2.34. The van der Waals surface area contributed by atoms with Crippen LogP contribution in [0.15, 0.2) is 24.4 Å². The third-order valence-electron chi connectivity index (χ3n) is 5.79. The Morgan fingerprint density at radius 3 is 3.03 bits per heavy atom. The number of imidazole rings is 1. The van der Waals surface area contributed by atoms with Crippen LogP contribution in [0, 0.1) is 0 Å². The smallest absolute Gasteiger partial charge is 0.296 e. The van der Waals surface area contributed by atoms with Gasteiger partial charge >= 0.3 is 0 Å². The van der Waals surface area contributed by atoms with E-state index in [1.165, 1.54) is 0 Å². The van der Waals surface area contributed by atoms with E-state index < -0.39 is 6.10 Å². The van der Waals surface area contributed by atoms with Crippen molar-refractivity contribution in [2.24, 2.45) is 0 Å². The number of H-pyrrole nitrogens is 1. The number of aromatic amines is 1. The molecule has 2 fully saturated rings. The van der Waals surface area contributed by atoms with Crippen molar-refractivity contribution < 1.29 is 24.1 Å². The first kappa shape index (κ1) is 18.3. The molecule has 10 heteroatoms. The fourth-order valence-electron chi connectivity index (χ4n) is 4.31. The Bertz CT molecular complexity index is 1110. The maximum absolute atomic E-state index is 9.87. The van der Waals surface area contributed by atoms with Crippen LogP contribution < -0.4 is 9.47 Å². The second kappa shape index (κ2) is 7.05. The maximum atomic E-state index is 9.87. The fourth-order valence-corrected chi connectivity index (χ4v) is 4.54. The fraction of sp³-hybridized carbons (Fsp3) is 0.450. The molecule has 0 radical (unpaired) electrons. The lowest BCUT2D eigenvalue weighted by molar-refractivity contribution is 0.00706.